The van der Waals surface area contributed by atoms with Gasteiger partial charge in [0, 0.05) is 12.3 Å². The van der Waals surface area contributed by atoms with E-state index in [1.54, 1.807) is 0 Å². The van der Waals surface area contributed by atoms with Gasteiger partial charge in [-0.15, -0.1) is 0 Å². The van der Waals surface area contributed by atoms with Crippen molar-refractivity contribution in [2.75, 3.05) is 22.6 Å². The van der Waals surface area contributed by atoms with Gasteiger partial charge in [0.2, 0.25) is 11.8 Å². The van der Waals surface area contributed by atoms with E-state index < -0.39 is 57.4 Å². The number of nitrogen functional groups attached to an aromatic ring is 1. The molecule has 2 amide bonds. The van der Waals surface area contributed by atoms with Crippen LogP contribution in [0.25, 0.3) is 5.65 Å². The average Bonchev–Trinajstić information content (AvgIpc) is 3.21. The van der Waals surface area contributed by atoms with E-state index in [-0.39, 0.29) is 32.8 Å². The third-order valence-electron chi connectivity index (χ3n) is 5.21. The highest BCUT2D eigenvalue weighted by Gasteiger charge is 2.40. The summed E-state index contributed by atoms with van der Waals surface area (Å²) in [4.78, 5) is 33.2. The molecule has 0 aliphatic heterocycles. The Morgan fingerprint density at radius 3 is 2.33 bits per heavy atom. The molecule has 3 aromatic heterocycles. The number of carbonyl (C=O) groups excluding carboxylic acids is 2. The largest absolute Gasteiger partial charge is 0.435 e. The first kappa shape index (κ1) is 28.9. The number of amides is 2. The normalized spacial score (nSPS) is 11.8. The molecule has 0 saturated heterocycles. The molecule has 0 atom stereocenters. The molecule has 0 unspecified atom stereocenters. The zero-order chi connectivity index (χ0) is 29.4. The Morgan fingerprint density at radius 2 is 1.73 bits per heavy atom. The van der Waals surface area contributed by atoms with Crippen molar-refractivity contribution >= 4 is 68.0 Å². The summed E-state index contributed by atoms with van der Waals surface area (Å²) in [6.07, 6.45) is -4.05. The Morgan fingerprint density at radius 1 is 1.05 bits per heavy atom. The maximum atomic E-state index is 14.1. The number of rotatable bonds is 7. The first-order valence-corrected chi connectivity index (χ1v) is 13.5. The number of anilines is 3. The highest BCUT2D eigenvalue weighted by atomic mass is 35.5. The van der Waals surface area contributed by atoms with Crippen LogP contribution in [0.1, 0.15) is 21.7 Å². The fourth-order valence-electron chi connectivity index (χ4n) is 3.65. The van der Waals surface area contributed by atoms with Gasteiger partial charge in [0.05, 0.1) is 45.4 Å². The van der Waals surface area contributed by atoms with Crippen LogP contribution in [-0.2, 0) is 27.5 Å². The lowest BCUT2D eigenvalue weighted by Gasteiger charge is -2.14. The van der Waals surface area contributed by atoms with Crippen molar-refractivity contribution in [2.45, 2.75) is 12.6 Å². The van der Waals surface area contributed by atoms with Crippen molar-refractivity contribution in [3.63, 3.8) is 0 Å². The predicted molar refractivity (Wildman–Crippen MR) is 141 cm³/mol. The molecule has 0 radical (unpaired) electrons. The van der Waals surface area contributed by atoms with Gasteiger partial charge in [-0.05, 0) is 30.3 Å². The fourth-order valence-corrected chi connectivity index (χ4v) is 4.66. The molecule has 0 aliphatic carbocycles. The topological polar surface area (TPSA) is 158 Å². The summed E-state index contributed by atoms with van der Waals surface area (Å²) in [5.41, 5.74) is 2.37. The Bertz CT molecular complexity index is 1740. The zero-order valence-corrected chi connectivity index (χ0v) is 22.4. The maximum Gasteiger partial charge on any atom is 0.435 e. The van der Waals surface area contributed by atoms with Crippen LogP contribution in [0.2, 0.25) is 10.0 Å². The van der Waals surface area contributed by atoms with Gasteiger partial charge in [0.15, 0.2) is 11.3 Å². The molecule has 0 saturated carbocycles. The van der Waals surface area contributed by atoms with Crippen molar-refractivity contribution in [1.29, 1.82) is 0 Å². The predicted octanol–water partition coefficient (Wildman–Crippen LogP) is 4.41. The number of hydrogen-bond acceptors (Lipinski definition) is 8. The van der Waals surface area contributed by atoms with Crippen LogP contribution in [0, 0.1) is 0 Å². The van der Waals surface area contributed by atoms with E-state index in [1.807, 2.05) is 0 Å². The summed E-state index contributed by atoms with van der Waals surface area (Å²) in [5.74, 6) is -2.57. The maximum absolute atomic E-state index is 14.1. The third kappa shape index (κ3) is 6.21. The molecule has 0 bridgehead atoms. The first-order valence-electron chi connectivity index (χ1n) is 10.9. The van der Waals surface area contributed by atoms with E-state index in [2.05, 4.69) is 20.6 Å². The molecule has 0 fully saturated rings. The average molecular weight is 617 g/mol. The van der Waals surface area contributed by atoms with Gasteiger partial charge < -0.3 is 20.6 Å². The first-order chi connectivity index (χ1) is 18.7. The molecule has 0 spiro atoms. The number of halogens is 5. The second kappa shape index (κ2) is 10.8. The van der Waals surface area contributed by atoms with E-state index in [9.17, 15) is 31.2 Å². The standard InChI is InChI=1S/C23H17Cl2F3N6O5S/c1-40(37,38)39-17-8-7-14(32-22(36)18-11(24)4-2-5-12(18)25)21-33-19(23(26,27)28)15(34(17)21)10-16(35)31-13-6-3-9-30-20(13)29/h2-9H,10H2,1H3,(H2,29,30)(H,31,35)(H,32,36). The number of hydrogen-bond donors (Lipinski definition) is 3. The highest BCUT2D eigenvalue weighted by Crippen LogP contribution is 2.37. The number of nitrogens with zero attached hydrogens (tertiary/aromatic N) is 3. The Labute approximate surface area is 234 Å². The van der Waals surface area contributed by atoms with Crippen LogP contribution in [0.4, 0.5) is 30.4 Å². The van der Waals surface area contributed by atoms with E-state index in [0.29, 0.717) is 10.7 Å². The van der Waals surface area contributed by atoms with Gasteiger partial charge in [0.25, 0.3) is 5.91 Å². The van der Waals surface area contributed by atoms with Crippen molar-refractivity contribution in [1.82, 2.24) is 14.4 Å². The summed E-state index contributed by atoms with van der Waals surface area (Å²) in [7, 11) is -4.26. The molecular weight excluding hydrogens is 600 g/mol. The Balaban J connectivity index is 1.87. The lowest BCUT2D eigenvalue weighted by molar-refractivity contribution is -0.141. The van der Waals surface area contributed by atoms with Crippen LogP contribution < -0.4 is 20.6 Å². The van der Waals surface area contributed by atoms with E-state index in [0.717, 1.165) is 12.1 Å². The SMILES string of the molecule is CS(=O)(=O)Oc1ccc(NC(=O)c2c(Cl)cccc2Cl)c2nc(C(F)(F)F)c(CC(=O)Nc3cccnc3N)n12. The van der Waals surface area contributed by atoms with Gasteiger partial charge in [-0.1, -0.05) is 29.3 Å². The minimum Gasteiger partial charge on any atom is -0.382 e. The molecule has 4 aromatic rings. The van der Waals surface area contributed by atoms with Crippen LogP contribution in [-0.4, -0.2) is 40.9 Å². The van der Waals surface area contributed by atoms with Crippen LogP contribution in [0.15, 0.2) is 48.7 Å². The Kier molecular flexibility index (Phi) is 7.83. The lowest BCUT2D eigenvalue weighted by atomic mass is 10.2. The van der Waals surface area contributed by atoms with Crippen molar-refractivity contribution in [3.05, 3.63) is 75.7 Å². The van der Waals surface area contributed by atoms with Crippen molar-refractivity contribution in [2.24, 2.45) is 0 Å². The molecule has 40 heavy (non-hydrogen) atoms. The minimum atomic E-state index is -5.11. The van der Waals surface area contributed by atoms with Gasteiger partial charge in [-0.3, -0.25) is 14.0 Å². The molecule has 3 heterocycles. The van der Waals surface area contributed by atoms with Crippen LogP contribution >= 0.6 is 23.2 Å². The Hall–Kier alpha value is -4.08. The molecule has 17 heteroatoms. The number of pyridine rings is 2. The zero-order valence-electron chi connectivity index (χ0n) is 20.1. The number of aromatic nitrogens is 3. The molecule has 1 aromatic carbocycles. The van der Waals surface area contributed by atoms with E-state index in [1.165, 1.54) is 36.5 Å². The van der Waals surface area contributed by atoms with Gasteiger partial charge in [-0.25, -0.2) is 9.97 Å². The highest BCUT2D eigenvalue weighted by molar-refractivity contribution is 7.86. The van der Waals surface area contributed by atoms with Crippen molar-refractivity contribution < 1.29 is 35.4 Å². The van der Waals surface area contributed by atoms with Crippen LogP contribution in [0.5, 0.6) is 5.88 Å². The van der Waals surface area contributed by atoms with Gasteiger partial charge in [0.1, 0.15) is 5.82 Å². The number of fused-ring (bicyclic) bond motifs is 1. The molecule has 0 aliphatic rings. The van der Waals surface area contributed by atoms with Gasteiger partial charge >= 0.3 is 16.3 Å². The number of benzene rings is 1. The molecule has 4 N–H and O–H groups in total. The van der Waals surface area contributed by atoms with E-state index >= 15 is 0 Å². The lowest BCUT2D eigenvalue weighted by Crippen LogP contribution is -2.20. The molecule has 4 rings (SSSR count). The summed E-state index contributed by atoms with van der Waals surface area (Å²) in [6.45, 7) is 0. The van der Waals surface area contributed by atoms with Crippen molar-refractivity contribution in [3.8, 4) is 5.88 Å². The van der Waals surface area contributed by atoms with Gasteiger partial charge in [-0.2, -0.15) is 21.6 Å². The molecule has 11 nitrogen and oxygen atoms in total. The summed E-state index contributed by atoms with van der Waals surface area (Å²) >= 11 is 12.1. The second-order valence-electron chi connectivity index (χ2n) is 8.15. The fraction of sp³-hybridized carbons (Fsp3) is 0.130. The summed E-state index contributed by atoms with van der Waals surface area (Å²) in [5, 5.41) is 4.65. The third-order valence-corrected chi connectivity index (χ3v) is 6.31. The number of imidazole rings is 1. The molecule has 210 valence electrons. The smallest absolute Gasteiger partial charge is 0.382 e. The van der Waals surface area contributed by atoms with E-state index in [4.69, 9.17) is 33.1 Å². The summed E-state index contributed by atoms with van der Waals surface area (Å²) < 4.78 is 71.8. The minimum absolute atomic E-state index is 0.0343. The number of nitrogens with one attached hydrogen (secondary N) is 2. The number of nitrogens with two attached hydrogens (primary N) is 1. The second-order valence-corrected chi connectivity index (χ2v) is 10.5. The molecular formula is C23H17Cl2F3N6O5S. The summed E-state index contributed by atoms with van der Waals surface area (Å²) in [6, 6.07) is 9.13. The quantitative estimate of drug-likeness (QED) is 0.258. The number of carbonyl (C=O) groups is 2. The van der Waals surface area contributed by atoms with Crippen LogP contribution in [0.3, 0.4) is 0 Å². The monoisotopic (exact) mass is 616 g/mol. The number of alkyl halides is 3.